The van der Waals surface area contributed by atoms with Crippen LogP contribution in [-0.2, 0) is 24.0 Å². The number of hydrogen-bond acceptors (Lipinski definition) is 5. The van der Waals surface area contributed by atoms with Gasteiger partial charge in [0, 0.05) is 50.1 Å². The number of rotatable bonds is 7. The van der Waals surface area contributed by atoms with Crippen molar-refractivity contribution in [1.82, 2.24) is 20.5 Å². The van der Waals surface area contributed by atoms with Crippen LogP contribution in [0.4, 0.5) is 0 Å². The summed E-state index contributed by atoms with van der Waals surface area (Å²) in [6.45, 7) is 10.0. The smallest absolute Gasteiger partial charge is 0.191 e. The Morgan fingerprint density at radius 2 is 1.96 bits per heavy atom. The van der Waals surface area contributed by atoms with E-state index in [9.17, 15) is 0 Å². The van der Waals surface area contributed by atoms with E-state index in [1.165, 1.54) is 41.3 Å². The van der Waals surface area contributed by atoms with E-state index >= 15 is 0 Å². The summed E-state index contributed by atoms with van der Waals surface area (Å²) in [7, 11) is 1.84. The zero-order valence-corrected chi connectivity index (χ0v) is 20.7. The van der Waals surface area contributed by atoms with Crippen molar-refractivity contribution in [3.63, 3.8) is 0 Å². The van der Waals surface area contributed by atoms with Gasteiger partial charge in [0.25, 0.3) is 0 Å². The number of fused-ring (bicyclic) bond motifs is 1. The highest BCUT2D eigenvalue weighted by Crippen LogP contribution is 2.27. The molecule has 0 bridgehead atoms. The molecule has 0 saturated carbocycles. The molecular weight excluding hydrogens is 485 g/mol. The fourth-order valence-corrected chi connectivity index (χ4v) is 4.96. The minimum Gasteiger partial charge on any atom is -0.379 e. The topological polar surface area (TPSA) is 61.8 Å². The SMILES string of the molecule is CN=C(NCCCc1nc2c(s1)CCCC2)NCC(C)(C)N1CCOCC1.I. The van der Waals surface area contributed by atoms with E-state index in [4.69, 9.17) is 9.72 Å². The van der Waals surface area contributed by atoms with Gasteiger partial charge < -0.3 is 15.4 Å². The molecule has 2 N–H and O–H groups in total. The number of aryl methyl sites for hydroxylation is 3. The Labute approximate surface area is 190 Å². The summed E-state index contributed by atoms with van der Waals surface area (Å²) >= 11 is 1.93. The average Bonchev–Trinajstić information content (AvgIpc) is 3.11. The third kappa shape index (κ3) is 6.81. The average molecular weight is 522 g/mol. The van der Waals surface area contributed by atoms with Crippen LogP contribution in [0, 0.1) is 0 Å². The van der Waals surface area contributed by atoms with Gasteiger partial charge in [-0.15, -0.1) is 35.3 Å². The molecule has 0 radical (unpaired) electrons. The van der Waals surface area contributed by atoms with Crippen LogP contribution in [0.15, 0.2) is 4.99 Å². The summed E-state index contributed by atoms with van der Waals surface area (Å²) in [5.74, 6) is 0.884. The predicted molar refractivity (Wildman–Crippen MR) is 128 cm³/mol. The number of hydrogen-bond donors (Lipinski definition) is 2. The van der Waals surface area contributed by atoms with Crippen molar-refractivity contribution in [2.75, 3.05) is 46.4 Å². The van der Waals surface area contributed by atoms with E-state index < -0.39 is 0 Å². The molecule has 3 rings (SSSR count). The largest absolute Gasteiger partial charge is 0.379 e. The molecule has 0 amide bonds. The molecule has 160 valence electrons. The quantitative estimate of drug-likeness (QED) is 0.250. The van der Waals surface area contributed by atoms with Gasteiger partial charge in [0.2, 0.25) is 0 Å². The summed E-state index contributed by atoms with van der Waals surface area (Å²) < 4.78 is 5.47. The van der Waals surface area contributed by atoms with Crippen LogP contribution in [0.25, 0.3) is 0 Å². The Kier molecular flexibility index (Phi) is 9.92. The Balaban J connectivity index is 0.00000280. The maximum Gasteiger partial charge on any atom is 0.191 e. The maximum absolute atomic E-state index is 5.47. The van der Waals surface area contributed by atoms with Gasteiger partial charge in [-0.25, -0.2) is 4.98 Å². The van der Waals surface area contributed by atoms with Gasteiger partial charge in [-0.2, -0.15) is 0 Å². The van der Waals surface area contributed by atoms with E-state index in [2.05, 4.69) is 34.4 Å². The van der Waals surface area contributed by atoms with Crippen LogP contribution in [0.2, 0.25) is 0 Å². The van der Waals surface area contributed by atoms with Gasteiger partial charge in [0.15, 0.2) is 5.96 Å². The number of aromatic nitrogens is 1. The first kappa shape index (κ1) is 23.8. The molecule has 0 spiro atoms. The molecule has 6 nitrogen and oxygen atoms in total. The van der Waals surface area contributed by atoms with Gasteiger partial charge in [-0.3, -0.25) is 9.89 Å². The van der Waals surface area contributed by atoms with Crippen molar-refractivity contribution >= 4 is 41.3 Å². The Hall–Kier alpha value is -0.450. The zero-order chi connectivity index (χ0) is 19.1. The van der Waals surface area contributed by atoms with Crippen molar-refractivity contribution < 1.29 is 4.74 Å². The van der Waals surface area contributed by atoms with Crippen molar-refractivity contribution in [3.8, 4) is 0 Å². The Bertz CT molecular complexity index is 605. The lowest BCUT2D eigenvalue weighted by atomic mass is 10.0. The molecule has 1 fully saturated rings. The molecule has 28 heavy (non-hydrogen) atoms. The maximum atomic E-state index is 5.47. The first-order valence-corrected chi connectivity index (χ1v) is 11.1. The van der Waals surface area contributed by atoms with Gasteiger partial charge in [0.1, 0.15) is 0 Å². The second-order valence-electron chi connectivity index (χ2n) is 8.05. The molecule has 0 aromatic carbocycles. The molecule has 0 atom stereocenters. The number of aliphatic imine (C=N–C) groups is 1. The zero-order valence-electron chi connectivity index (χ0n) is 17.6. The first-order valence-electron chi connectivity index (χ1n) is 10.3. The minimum atomic E-state index is 0. The van der Waals surface area contributed by atoms with Gasteiger partial charge in [0.05, 0.1) is 23.9 Å². The summed E-state index contributed by atoms with van der Waals surface area (Å²) in [6.07, 6.45) is 7.20. The van der Waals surface area contributed by atoms with Crippen molar-refractivity contribution in [3.05, 3.63) is 15.6 Å². The Morgan fingerprint density at radius 1 is 1.21 bits per heavy atom. The van der Waals surface area contributed by atoms with E-state index in [0.717, 1.165) is 58.2 Å². The third-order valence-electron chi connectivity index (χ3n) is 5.53. The van der Waals surface area contributed by atoms with Crippen LogP contribution in [0.5, 0.6) is 0 Å². The first-order chi connectivity index (χ1) is 13.1. The third-order valence-corrected chi connectivity index (χ3v) is 6.75. The predicted octanol–water partition coefficient (Wildman–Crippen LogP) is 2.85. The highest BCUT2D eigenvalue weighted by Gasteiger charge is 2.28. The van der Waals surface area contributed by atoms with Crippen LogP contribution in [0.1, 0.15) is 48.7 Å². The molecular formula is C20H36IN5OS. The molecule has 8 heteroatoms. The molecule has 1 aliphatic carbocycles. The van der Waals surface area contributed by atoms with Crippen LogP contribution in [-0.4, -0.2) is 67.8 Å². The fourth-order valence-electron chi connectivity index (χ4n) is 3.76. The lowest BCUT2D eigenvalue weighted by Crippen LogP contribution is -2.56. The number of nitrogens with zero attached hydrogens (tertiary/aromatic N) is 3. The molecule has 0 unspecified atom stereocenters. The fraction of sp³-hybridized carbons (Fsp3) is 0.800. The normalized spacial score (nSPS) is 18.3. The van der Waals surface area contributed by atoms with Gasteiger partial charge >= 0.3 is 0 Å². The van der Waals surface area contributed by atoms with Crippen molar-refractivity contribution in [2.45, 2.75) is 57.9 Å². The molecule has 2 aliphatic rings. The van der Waals surface area contributed by atoms with E-state index in [-0.39, 0.29) is 29.5 Å². The second-order valence-corrected chi connectivity index (χ2v) is 9.22. The standard InChI is InChI=1S/C20H35N5OS.HI/c1-20(2,25-11-13-26-14-12-25)15-23-19(21-3)22-10-6-9-18-24-16-7-4-5-8-17(16)27-18;/h4-15H2,1-3H3,(H2,21,22,23);1H. The molecule has 1 aromatic heterocycles. The Morgan fingerprint density at radius 3 is 2.68 bits per heavy atom. The van der Waals surface area contributed by atoms with Crippen molar-refractivity contribution in [1.29, 1.82) is 0 Å². The van der Waals surface area contributed by atoms with Gasteiger partial charge in [-0.1, -0.05) is 0 Å². The van der Waals surface area contributed by atoms with Gasteiger partial charge in [-0.05, 0) is 46.0 Å². The minimum absolute atomic E-state index is 0. The molecule has 1 aliphatic heterocycles. The lowest BCUT2D eigenvalue weighted by Gasteiger charge is -2.41. The second kappa shape index (κ2) is 11.7. The number of halogens is 1. The van der Waals surface area contributed by atoms with Crippen molar-refractivity contribution in [2.24, 2.45) is 4.99 Å². The number of ether oxygens (including phenoxy) is 1. The number of nitrogens with one attached hydrogen (secondary N) is 2. The summed E-state index contributed by atoms with van der Waals surface area (Å²) in [6, 6.07) is 0. The molecule has 2 heterocycles. The molecule has 1 aromatic rings. The van der Waals surface area contributed by atoms with E-state index in [0.29, 0.717) is 0 Å². The molecule has 1 saturated heterocycles. The number of guanidine groups is 1. The number of thiazole rings is 1. The highest BCUT2D eigenvalue weighted by molar-refractivity contribution is 14.0. The summed E-state index contributed by atoms with van der Waals surface area (Å²) in [4.78, 5) is 13.2. The summed E-state index contributed by atoms with van der Waals surface area (Å²) in [5.41, 5.74) is 1.46. The van der Waals surface area contributed by atoms with Crippen LogP contribution in [0.3, 0.4) is 0 Å². The van der Waals surface area contributed by atoms with Crippen LogP contribution < -0.4 is 10.6 Å². The lowest BCUT2D eigenvalue weighted by molar-refractivity contribution is -0.00833. The number of morpholine rings is 1. The van der Waals surface area contributed by atoms with E-state index in [1.807, 2.05) is 18.4 Å². The highest BCUT2D eigenvalue weighted by atomic mass is 127. The van der Waals surface area contributed by atoms with Crippen LogP contribution >= 0.6 is 35.3 Å². The van der Waals surface area contributed by atoms with E-state index in [1.54, 1.807) is 0 Å². The monoisotopic (exact) mass is 521 g/mol. The summed E-state index contributed by atoms with van der Waals surface area (Å²) in [5, 5.41) is 8.24.